The van der Waals surface area contributed by atoms with Crippen LogP contribution in [0.3, 0.4) is 0 Å². The molecule has 0 fully saturated rings. The maximum atomic E-state index is 8.96. The van der Waals surface area contributed by atoms with E-state index in [-0.39, 0.29) is 12.6 Å². The molecule has 1 unspecified atom stereocenters. The summed E-state index contributed by atoms with van der Waals surface area (Å²) in [5, 5.41) is 12.4. The number of hydrogen-bond acceptors (Lipinski definition) is 3. The molecule has 0 aliphatic heterocycles. The molecule has 3 heteroatoms. The highest BCUT2D eigenvalue weighted by Crippen LogP contribution is 2.19. The summed E-state index contributed by atoms with van der Waals surface area (Å²) in [6.45, 7) is 7.00. The van der Waals surface area contributed by atoms with Gasteiger partial charge in [-0.05, 0) is 44.0 Å². The predicted molar refractivity (Wildman–Crippen MR) is 75.8 cm³/mol. The van der Waals surface area contributed by atoms with Crippen molar-refractivity contribution >= 4 is 0 Å². The lowest BCUT2D eigenvalue weighted by atomic mass is 10.00. The molecule has 1 heterocycles. The van der Waals surface area contributed by atoms with E-state index in [1.165, 1.54) is 16.7 Å². The molecule has 1 atom stereocenters. The lowest BCUT2D eigenvalue weighted by Crippen LogP contribution is -2.18. The zero-order valence-electron chi connectivity index (χ0n) is 11.7. The normalized spacial score (nSPS) is 12.6. The zero-order chi connectivity index (χ0) is 13.8. The highest BCUT2D eigenvalue weighted by Gasteiger charge is 2.09. The molecule has 1 aromatic heterocycles. The van der Waals surface area contributed by atoms with Crippen molar-refractivity contribution in [2.24, 2.45) is 0 Å². The van der Waals surface area contributed by atoms with Crippen molar-refractivity contribution in [3.05, 3.63) is 58.5 Å². The van der Waals surface area contributed by atoms with E-state index in [1.54, 1.807) is 6.07 Å². The third kappa shape index (κ3) is 3.46. The number of benzene rings is 1. The third-order valence-electron chi connectivity index (χ3n) is 3.36. The van der Waals surface area contributed by atoms with Gasteiger partial charge in [-0.1, -0.05) is 23.8 Å². The fourth-order valence-electron chi connectivity index (χ4n) is 2.19. The monoisotopic (exact) mass is 259 g/mol. The molecule has 2 rings (SSSR count). The van der Waals surface area contributed by atoms with Crippen LogP contribution in [0.2, 0.25) is 0 Å². The van der Waals surface area contributed by atoms with Crippen LogP contribution in [0.1, 0.15) is 41.2 Å². The number of hydrogen-bond donors (Lipinski definition) is 2. The first-order valence-corrected chi connectivity index (χ1v) is 6.59. The smallest absolute Gasteiger partial charge is 0.129 e. The molecule has 102 valence electrons. The summed E-state index contributed by atoms with van der Waals surface area (Å²) < 4.78 is 5.46. The van der Waals surface area contributed by atoms with Gasteiger partial charge in [-0.15, -0.1) is 0 Å². The molecule has 0 spiro atoms. The van der Waals surface area contributed by atoms with Crippen molar-refractivity contribution in [2.75, 3.05) is 0 Å². The van der Waals surface area contributed by atoms with Gasteiger partial charge in [-0.2, -0.15) is 0 Å². The SMILES string of the molecule is Cc1ccc(C)c(C(C)NCc2ccc(CO)o2)c1. The largest absolute Gasteiger partial charge is 0.462 e. The van der Waals surface area contributed by atoms with Crippen molar-refractivity contribution in [1.29, 1.82) is 0 Å². The van der Waals surface area contributed by atoms with E-state index in [0.29, 0.717) is 12.3 Å². The summed E-state index contributed by atoms with van der Waals surface area (Å²) in [5.74, 6) is 1.46. The topological polar surface area (TPSA) is 45.4 Å². The van der Waals surface area contributed by atoms with Crippen LogP contribution < -0.4 is 5.32 Å². The van der Waals surface area contributed by atoms with Crippen LogP contribution in [-0.4, -0.2) is 5.11 Å². The molecule has 2 aromatic rings. The van der Waals surface area contributed by atoms with Crippen molar-refractivity contribution in [3.63, 3.8) is 0 Å². The van der Waals surface area contributed by atoms with Gasteiger partial charge in [0.2, 0.25) is 0 Å². The highest BCUT2D eigenvalue weighted by molar-refractivity contribution is 5.32. The van der Waals surface area contributed by atoms with Crippen LogP contribution in [-0.2, 0) is 13.2 Å². The number of aliphatic hydroxyl groups excluding tert-OH is 1. The summed E-state index contributed by atoms with van der Waals surface area (Å²) >= 11 is 0. The van der Waals surface area contributed by atoms with Gasteiger partial charge in [0.1, 0.15) is 18.1 Å². The van der Waals surface area contributed by atoms with E-state index < -0.39 is 0 Å². The van der Waals surface area contributed by atoms with Gasteiger partial charge in [0.25, 0.3) is 0 Å². The molecule has 0 radical (unpaired) electrons. The Labute approximate surface area is 114 Å². The maximum Gasteiger partial charge on any atom is 0.129 e. The van der Waals surface area contributed by atoms with Crippen molar-refractivity contribution in [1.82, 2.24) is 5.32 Å². The zero-order valence-corrected chi connectivity index (χ0v) is 11.7. The number of rotatable bonds is 5. The van der Waals surface area contributed by atoms with Crippen LogP contribution in [0.15, 0.2) is 34.7 Å². The van der Waals surface area contributed by atoms with Gasteiger partial charge in [0.05, 0.1) is 6.54 Å². The number of nitrogens with one attached hydrogen (secondary N) is 1. The van der Waals surface area contributed by atoms with Crippen molar-refractivity contribution in [3.8, 4) is 0 Å². The summed E-state index contributed by atoms with van der Waals surface area (Å²) in [6, 6.07) is 10.5. The van der Waals surface area contributed by atoms with Crippen LogP contribution >= 0.6 is 0 Å². The van der Waals surface area contributed by atoms with E-state index in [9.17, 15) is 0 Å². The van der Waals surface area contributed by atoms with E-state index in [2.05, 4.69) is 44.3 Å². The second-order valence-electron chi connectivity index (χ2n) is 4.99. The Bertz CT molecular complexity index is 545. The molecule has 0 saturated carbocycles. The van der Waals surface area contributed by atoms with Gasteiger partial charge in [-0.3, -0.25) is 0 Å². The summed E-state index contributed by atoms with van der Waals surface area (Å²) in [7, 11) is 0. The van der Waals surface area contributed by atoms with Crippen molar-refractivity contribution < 1.29 is 9.52 Å². The Hall–Kier alpha value is -1.58. The number of aliphatic hydroxyl groups is 1. The quantitative estimate of drug-likeness (QED) is 0.866. The van der Waals surface area contributed by atoms with E-state index >= 15 is 0 Å². The van der Waals surface area contributed by atoms with Gasteiger partial charge >= 0.3 is 0 Å². The Balaban J connectivity index is 2.00. The molecular weight excluding hydrogens is 238 g/mol. The van der Waals surface area contributed by atoms with Crippen molar-refractivity contribution in [2.45, 2.75) is 40.0 Å². The predicted octanol–water partition coefficient (Wildman–Crippen LogP) is 3.24. The minimum Gasteiger partial charge on any atom is -0.462 e. The minimum absolute atomic E-state index is 0.0491. The molecule has 19 heavy (non-hydrogen) atoms. The van der Waals surface area contributed by atoms with Gasteiger partial charge < -0.3 is 14.8 Å². The fourth-order valence-corrected chi connectivity index (χ4v) is 2.19. The van der Waals surface area contributed by atoms with Crippen LogP contribution in [0.4, 0.5) is 0 Å². The lowest BCUT2D eigenvalue weighted by molar-refractivity contribution is 0.242. The van der Waals surface area contributed by atoms with Gasteiger partial charge in [0.15, 0.2) is 0 Å². The van der Waals surface area contributed by atoms with Crippen LogP contribution in [0.25, 0.3) is 0 Å². The van der Waals surface area contributed by atoms with E-state index in [0.717, 1.165) is 5.76 Å². The molecule has 0 amide bonds. The highest BCUT2D eigenvalue weighted by atomic mass is 16.4. The Kier molecular flexibility index (Phi) is 4.40. The Morgan fingerprint density at radius 2 is 1.89 bits per heavy atom. The van der Waals surface area contributed by atoms with Crippen LogP contribution in [0, 0.1) is 13.8 Å². The van der Waals surface area contributed by atoms with E-state index in [1.807, 2.05) is 6.07 Å². The molecule has 0 aliphatic rings. The average molecular weight is 259 g/mol. The average Bonchev–Trinajstić information content (AvgIpc) is 2.87. The molecule has 0 saturated heterocycles. The summed E-state index contributed by atoms with van der Waals surface area (Å²) in [6.07, 6.45) is 0. The fraction of sp³-hybridized carbons (Fsp3) is 0.375. The molecule has 0 aliphatic carbocycles. The van der Waals surface area contributed by atoms with Gasteiger partial charge in [0, 0.05) is 6.04 Å². The van der Waals surface area contributed by atoms with Crippen LogP contribution in [0.5, 0.6) is 0 Å². The summed E-state index contributed by atoms with van der Waals surface area (Å²) in [4.78, 5) is 0. The molecule has 2 N–H and O–H groups in total. The first-order valence-electron chi connectivity index (χ1n) is 6.59. The van der Waals surface area contributed by atoms with Gasteiger partial charge in [-0.25, -0.2) is 0 Å². The first kappa shape index (κ1) is 13.8. The minimum atomic E-state index is -0.0491. The second kappa shape index (κ2) is 6.04. The number of aryl methyl sites for hydroxylation is 2. The maximum absolute atomic E-state index is 8.96. The Morgan fingerprint density at radius 1 is 1.16 bits per heavy atom. The molecule has 3 nitrogen and oxygen atoms in total. The lowest BCUT2D eigenvalue weighted by Gasteiger charge is -2.16. The Morgan fingerprint density at radius 3 is 2.58 bits per heavy atom. The number of furan rings is 1. The van der Waals surface area contributed by atoms with E-state index in [4.69, 9.17) is 9.52 Å². The molecule has 1 aromatic carbocycles. The molecular formula is C16H21NO2. The summed E-state index contributed by atoms with van der Waals surface area (Å²) in [5.41, 5.74) is 3.88. The third-order valence-corrected chi connectivity index (χ3v) is 3.36. The molecule has 0 bridgehead atoms. The standard InChI is InChI=1S/C16H21NO2/c1-11-4-5-12(2)16(8-11)13(3)17-9-14-6-7-15(10-18)19-14/h4-8,13,17-18H,9-10H2,1-3H3. The first-order chi connectivity index (χ1) is 9.10. The second-order valence-corrected chi connectivity index (χ2v) is 4.99.